The van der Waals surface area contributed by atoms with Crippen LogP contribution in [0.15, 0.2) is 0 Å². The Bertz CT molecular complexity index is 61.7. The molecule has 0 bridgehead atoms. The molecular formula is C8H17OS. The van der Waals surface area contributed by atoms with Gasteiger partial charge in [0.05, 0.1) is 0 Å². The van der Waals surface area contributed by atoms with Gasteiger partial charge in [-0.25, -0.2) is 5.11 Å². The summed E-state index contributed by atoms with van der Waals surface area (Å²) in [5.74, 6) is 1.81. The van der Waals surface area contributed by atoms with E-state index in [1.807, 2.05) is 0 Å². The molecule has 0 aliphatic carbocycles. The third-order valence-corrected chi connectivity index (χ3v) is 2.27. The molecule has 0 N–H and O–H groups in total. The molecule has 0 fully saturated rings. The highest BCUT2D eigenvalue weighted by Crippen LogP contribution is 2.12. The summed E-state index contributed by atoms with van der Waals surface area (Å²) in [6, 6.07) is 0. The lowest BCUT2D eigenvalue weighted by Gasteiger charge is -2.04. The summed E-state index contributed by atoms with van der Waals surface area (Å²) in [5, 5.41) is 10.5. The van der Waals surface area contributed by atoms with E-state index in [0.717, 1.165) is 11.7 Å². The molecule has 0 saturated heterocycles. The van der Waals surface area contributed by atoms with Crippen molar-refractivity contribution in [2.75, 3.05) is 5.75 Å². The average Bonchev–Trinajstić information content (AvgIpc) is 1.79. The van der Waals surface area contributed by atoms with Crippen molar-refractivity contribution in [3.63, 3.8) is 0 Å². The molecule has 1 nitrogen and oxygen atoms in total. The Labute approximate surface area is 68.2 Å². The molecule has 0 rings (SSSR count). The molecule has 0 aliphatic rings. The topological polar surface area (TPSA) is 19.9 Å². The van der Waals surface area contributed by atoms with Crippen molar-refractivity contribution in [1.29, 1.82) is 0 Å². The minimum absolute atomic E-state index is 0.438. The van der Waals surface area contributed by atoms with E-state index < -0.39 is 5.44 Å². The zero-order valence-electron chi connectivity index (χ0n) is 7.09. The third-order valence-electron chi connectivity index (χ3n) is 1.28. The second-order valence-corrected chi connectivity index (χ2v) is 4.38. The quantitative estimate of drug-likeness (QED) is 0.448. The average molecular weight is 161 g/mol. The molecule has 1 unspecified atom stereocenters. The first-order valence-corrected chi connectivity index (χ1v) is 4.95. The van der Waals surface area contributed by atoms with Gasteiger partial charge in [0.1, 0.15) is 5.44 Å². The molecule has 0 aliphatic heterocycles. The van der Waals surface area contributed by atoms with Crippen molar-refractivity contribution < 1.29 is 5.11 Å². The predicted octanol–water partition coefficient (Wildman–Crippen LogP) is 2.93. The van der Waals surface area contributed by atoms with Gasteiger partial charge in [-0.2, -0.15) is 0 Å². The Kier molecular flexibility index (Phi) is 6.24. The van der Waals surface area contributed by atoms with Gasteiger partial charge in [0.25, 0.3) is 0 Å². The van der Waals surface area contributed by atoms with Crippen LogP contribution in [-0.2, 0) is 5.11 Å². The first kappa shape index (κ1) is 10.3. The minimum Gasteiger partial charge on any atom is -0.222 e. The lowest BCUT2D eigenvalue weighted by atomic mass is 10.1. The fourth-order valence-electron chi connectivity index (χ4n) is 0.741. The van der Waals surface area contributed by atoms with Crippen LogP contribution >= 0.6 is 11.8 Å². The van der Waals surface area contributed by atoms with E-state index in [-0.39, 0.29) is 0 Å². The Morgan fingerprint density at radius 3 is 2.30 bits per heavy atom. The van der Waals surface area contributed by atoms with E-state index in [1.165, 1.54) is 24.6 Å². The highest BCUT2D eigenvalue weighted by Gasteiger charge is 1.98. The van der Waals surface area contributed by atoms with E-state index in [0.29, 0.717) is 0 Å². The summed E-state index contributed by atoms with van der Waals surface area (Å²) >= 11 is 1.52. The van der Waals surface area contributed by atoms with Crippen molar-refractivity contribution in [3.05, 3.63) is 0 Å². The molecule has 0 aromatic heterocycles. The highest BCUT2D eigenvalue weighted by molar-refractivity contribution is 7.99. The van der Waals surface area contributed by atoms with Gasteiger partial charge in [0, 0.05) is 0 Å². The van der Waals surface area contributed by atoms with E-state index >= 15 is 0 Å². The maximum absolute atomic E-state index is 10.5. The van der Waals surface area contributed by atoms with E-state index in [9.17, 15) is 5.11 Å². The minimum atomic E-state index is -0.438. The van der Waals surface area contributed by atoms with Gasteiger partial charge in [-0.05, 0) is 25.0 Å². The van der Waals surface area contributed by atoms with Crippen molar-refractivity contribution >= 4 is 11.8 Å². The molecule has 2 heteroatoms. The van der Waals surface area contributed by atoms with Gasteiger partial charge in [0.15, 0.2) is 0 Å². The van der Waals surface area contributed by atoms with E-state index in [1.54, 1.807) is 6.92 Å². The van der Waals surface area contributed by atoms with Crippen molar-refractivity contribution in [1.82, 2.24) is 0 Å². The molecule has 0 heterocycles. The van der Waals surface area contributed by atoms with Gasteiger partial charge in [0.2, 0.25) is 0 Å². The summed E-state index contributed by atoms with van der Waals surface area (Å²) in [7, 11) is 0. The van der Waals surface area contributed by atoms with Crippen molar-refractivity contribution in [2.45, 2.75) is 39.0 Å². The van der Waals surface area contributed by atoms with Crippen LogP contribution in [0.1, 0.15) is 33.6 Å². The molecule has 0 spiro atoms. The second-order valence-electron chi connectivity index (χ2n) is 2.97. The molecule has 1 atom stereocenters. The maximum atomic E-state index is 10.5. The smallest absolute Gasteiger partial charge is 0.135 e. The zero-order chi connectivity index (χ0) is 7.98. The molecule has 61 valence electrons. The SMILES string of the molecule is CC(C)CCCSC(C)[O]. The van der Waals surface area contributed by atoms with Crippen LogP contribution in [0.2, 0.25) is 0 Å². The summed E-state index contributed by atoms with van der Waals surface area (Å²) in [5.41, 5.74) is -0.438. The van der Waals surface area contributed by atoms with Gasteiger partial charge in [-0.15, -0.1) is 11.8 Å². The van der Waals surface area contributed by atoms with Gasteiger partial charge >= 0.3 is 0 Å². The molecule has 0 aromatic carbocycles. The number of hydrogen-bond acceptors (Lipinski definition) is 1. The first-order chi connectivity index (χ1) is 4.63. The Morgan fingerprint density at radius 1 is 1.30 bits per heavy atom. The van der Waals surface area contributed by atoms with Gasteiger partial charge in [-0.3, -0.25) is 0 Å². The molecule has 0 amide bonds. The standard InChI is InChI=1S/C8H17OS/c1-7(2)5-4-6-10-8(3)9/h7-8H,4-6H2,1-3H3. The van der Waals surface area contributed by atoms with E-state index in [2.05, 4.69) is 13.8 Å². The fraction of sp³-hybridized carbons (Fsp3) is 1.00. The van der Waals surface area contributed by atoms with Crippen LogP contribution in [0.3, 0.4) is 0 Å². The molecular weight excluding hydrogens is 144 g/mol. The maximum Gasteiger partial charge on any atom is 0.135 e. The molecule has 0 saturated carbocycles. The lowest BCUT2D eigenvalue weighted by molar-refractivity contribution is 0.181. The fourth-order valence-corrected chi connectivity index (χ4v) is 1.41. The van der Waals surface area contributed by atoms with Crippen molar-refractivity contribution in [2.24, 2.45) is 5.92 Å². The largest absolute Gasteiger partial charge is 0.222 e. The zero-order valence-corrected chi connectivity index (χ0v) is 7.91. The van der Waals surface area contributed by atoms with E-state index in [4.69, 9.17) is 0 Å². The molecule has 10 heavy (non-hydrogen) atoms. The summed E-state index contributed by atoms with van der Waals surface area (Å²) < 4.78 is 0. The first-order valence-electron chi connectivity index (χ1n) is 3.90. The second kappa shape index (κ2) is 6.05. The highest BCUT2D eigenvalue weighted by atomic mass is 32.2. The predicted molar refractivity (Wildman–Crippen MR) is 46.7 cm³/mol. The van der Waals surface area contributed by atoms with Crippen LogP contribution in [-0.4, -0.2) is 11.2 Å². The molecule has 1 radical (unpaired) electrons. The summed E-state index contributed by atoms with van der Waals surface area (Å²) in [6.45, 7) is 6.14. The number of thioether (sulfide) groups is 1. The monoisotopic (exact) mass is 161 g/mol. The van der Waals surface area contributed by atoms with Crippen LogP contribution in [0.25, 0.3) is 0 Å². The normalized spacial score (nSPS) is 14.1. The van der Waals surface area contributed by atoms with Crippen LogP contribution < -0.4 is 0 Å². The van der Waals surface area contributed by atoms with Gasteiger partial charge in [-0.1, -0.05) is 20.3 Å². The van der Waals surface area contributed by atoms with Gasteiger partial charge < -0.3 is 0 Å². The van der Waals surface area contributed by atoms with Crippen LogP contribution in [0.5, 0.6) is 0 Å². The summed E-state index contributed by atoms with van der Waals surface area (Å²) in [6.07, 6.45) is 2.44. The summed E-state index contributed by atoms with van der Waals surface area (Å²) in [4.78, 5) is 0. The Hall–Kier alpha value is 0.310. The van der Waals surface area contributed by atoms with Crippen molar-refractivity contribution in [3.8, 4) is 0 Å². The third kappa shape index (κ3) is 8.31. The Morgan fingerprint density at radius 2 is 1.90 bits per heavy atom. The number of rotatable bonds is 5. The molecule has 0 aromatic rings. The lowest BCUT2D eigenvalue weighted by Crippen LogP contribution is -1.94. The van der Waals surface area contributed by atoms with Crippen LogP contribution in [0.4, 0.5) is 0 Å². The Balaban J connectivity index is 2.91. The number of hydrogen-bond donors (Lipinski definition) is 0. The van der Waals surface area contributed by atoms with Crippen LogP contribution in [0, 0.1) is 5.92 Å².